The number of aromatic nitrogens is 2. The van der Waals surface area contributed by atoms with Gasteiger partial charge in [-0.3, -0.25) is 0 Å². The van der Waals surface area contributed by atoms with Crippen molar-refractivity contribution in [1.82, 2.24) is 9.13 Å². The summed E-state index contributed by atoms with van der Waals surface area (Å²) in [6.07, 6.45) is 0. The Balaban J connectivity index is 0.641. The maximum Gasteiger partial charge on any atom is 0.159 e. The minimum Gasteiger partial charge on any atom is -0.454 e. The second kappa shape index (κ2) is 27.1. The molecular formula is C122H74N4OS. The molecule has 4 aromatic heterocycles. The molecule has 0 saturated carbocycles. The van der Waals surface area contributed by atoms with Crippen LogP contribution in [0.4, 0.5) is 34.1 Å². The highest BCUT2D eigenvalue weighted by molar-refractivity contribution is 7.26. The first-order valence-electron chi connectivity index (χ1n) is 44.3. The van der Waals surface area contributed by atoms with Gasteiger partial charge in [0, 0.05) is 70.0 Å². The Hall–Kier alpha value is -16.4. The maximum atomic E-state index is 7.62. The number of benzene rings is 20. The van der Waals surface area contributed by atoms with Crippen LogP contribution in [-0.4, -0.2) is 9.13 Å². The molecule has 0 radical (unpaired) electrons. The molecule has 2 atom stereocenters. The molecule has 6 heterocycles. The number of thiophene rings is 1. The lowest BCUT2D eigenvalue weighted by Gasteiger charge is -2.39. The van der Waals surface area contributed by atoms with Gasteiger partial charge in [-0.05, 0) is 191 Å². The van der Waals surface area contributed by atoms with Crippen LogP contribution in [0.5, 0.6) is 0 Å². The molecule has 128 heavy (non-hydrogen) atoms. The molecule has 4 aliphatic rings. The van der Waals surface area contributed by atoms with Gasteiger partial charge in [0.2, 0.25) is 0 Å². The van der Waals surface area contributed by atoms with Crippen molar-refractivity contribution in [2.24, 2.45) is 0 Å². The van der Waals surface area contributed by atoms with E-state index in [-0.39, 0.29) is 0 Å². The standard InChI is InChI=1S/C122H74N4OS/c1-3-32-75(33-4-1)77-36-23-38-79(72-77)82-40-9-17-59-102(82)123(108-65-30-55-98-115(108)90-44-7-13-51-94(90)121(98)96-53-15-20-62-105(96)125-104-61-19-11-42-85(104)87-47-25-57-100(121)117(87)125)110-67-28-48-88-93-74-81(70-71-112(93)127-119(88)110)84-46-27-64-107-114(84)92-50-26-58-101-118(92)126(107)106-63-21-16-54-97(106)122(101)95-52-14-8-45-91(95)116-99(122)56-31-66-109(116)124(111-68-29-49-89-86-43-12-22-69-113(86)128-120(89)111)103-60-18-10-41-83(103)80-39-24-37-78(73-80)76-34-5-2-6-35-76/h1-74H. The summed E-state index contributed by atoms with van der Waals surface area (Å²) in [5.41, 5.74) is 40.0. The van der Waals surface area contributed by atoms with Crippen molar-refractivity contribution in [3.05, 3.63) is 493 Å². The molecule has 0 amide bonds. The summed E-state index contributed by atoms with van der Waals surface area (Å²) in [5.74, 6) is 0. The van der Waals surface area contributed by atoms with Crippen LogP contribution in [-0.2, 0) is 10.8 Å². The molecule has 28 rings (SSSR count). The highest BCUT2D eigenvalue weighted by Crippen LogP contribution is 2.67. The minimum absolute atomic E-state index is 0.692. The molecule has 594 valence electrons. The molecule has 0 fully saturated rings. The molecule has 0 bridgehead atoms. The molecule has 2 aliphatic heterocycles. The number of furan rings is 1. The largest absolute Gasteiger partial charge is 0.454 e. The second-order valence-electron chi connectivity index (χ2n) is 34.6. The van der Waals surface area contributed by atoms with Crippen LogP contribution in [0.25, 0.3) is 175 Å². The first-order chi connectivity index (χ1) is 63.6. The van der Waals surface area contributed by atoms with E-state index in [0.29, 0.717) is 0 Å². The fourth-order valence-electron chi connectivity index (χ4n) is 23.5. The summed E-state index contributed by atoms with van der Waals surface area (Å²) in [6.45, 7) is 0. The summed E-state index contributed by atoms with van der Waals surface area (Å²) in [6, 6.07) is 169. The number of anilines is 6. The summed E-state index contributed by atoms with van der Waals surface area (Å²) in [5, 5.41) is 9.49. The Morgan fingerprint density at radius 3 is 1.27 bits per heavy atom. The summed E-state index contributed by atoms with van der Waals surface area (Å²) in [7, 11) is 0. The summed E-state index contributed by atoms with van der Waals surface area (Å²) in [4.78, 5) is 5.14. The first kappa shape index (κ1) is 71.1. The lowest BCUT2D eigenvalue weighted by atomic mass is 9.65. The molecule has 2 spiro atoms. The quantitative estimate of drug-likeness (QED) is 0.129. The van der Waals surface area contributed by atoms with Crippen LogP contribution in [0.1, 0.15) is 44.5 Å². The van der Waals surface area contributed by atoms with Crippen LogP contribution < -0.4 is 9.80 Å². The van der Waals surface area contributed by atoms with Crippen molar-refractivity contribution in [2.45, 2.75) is 10.8 Å². The van der Waals surface area contributed by atoms with Gasteiger partial charge in [0.25, 0.3) is 0 Å². The SMILES string of the molecule is c1ccc(-c2cccc(-c3ccccc3N(c3cccc4c3-c3ccccc3C43c4ccccc4-n4c5ccccc5c5cccc3c54)c3cccc4c3oc3ccc(-c5cccc6c5c5cccc7c5n6-c5ccccc5C75c6ccccc6-c6c(N(c7ccccc7-c7cccc(-c8ccccc8)c7)c7cccc8c7sc7ccccc78)cccc65)cc34)c2)cc1. The normalized spacial score (nSPS) is 14.8. The van der Waals surface area contributed by atoms with Crippen LogP contribution in [0.15, 0.2) is 453 Å². The Bertz CT molecular complexity index is 8890. The van der Waals surface area contributed by atoms with Gasteiger partial charge in [-0.15, -0.1) is 11.3 Å². The molecule has 2 aliphatic carbocycles. The minimum atomic E-state index is -0.753. The zero-order valence-electron chi connectivity index (χ0n) is 69.3. The molecule has 20 aromatic carbocycles. The molecular weight excluding hydrogens is 1570 g/mol. The molecule has 24 aromatic rings. The van der Waals surface area contributed by atoms with E-state index in [2.05, 4.69) is 468 Å². The van der Waals surface area contributed by atoms with Crippen LogP contribution in [0, 0.1) is 0 Å². The smallest absolute Gasteiger partial charge is 0.159 e. The van der Waals surface area contributed by atoms with Crippen molar-refractivity contribution in [1.29, 1.82) is 0 Å². The zero-order valence-corrected chi connectivity index (χ0v) is 70.1. The van der Waals surface area contributed by atoms with Crippen molar-refractivity contribution < 1.29 is 4.42 Å². The van der Waals surface area contributed by atoms with Gasteiger partial charge < -0.3 is 23.4 Å². The highest BCUT2D eigenvalue weighted by atomic mass is 32.1. The van der Waals surface area contributed by atoms with E-state index in [1.807, 2.05) is 11.3 Å². The Morgan fingerprint density at radius 2 is 0.625 bits per heavy atom. The Labute approximate surface area is 742 Å². The van der Waals surface area contributed by atoms with Crippen LogP contribution in [0.2, 0.25) is 0 Å². The van der Waals surface area contributed by atoms with Gasteiger partial charge >= 0.3 is 0 Å². The lowest BCUT2D eigenvalue weighted by molar-refractivity contribution is 0.669. The monoisotopic (exact) mass is 1640 g/mol. The van der Waals surface area contributed by atoms with Crippen molar-refractivity contribution in [3.63, 3.8) is 0 Å². The maximum absolute atomic E-state index is 7.62. The van der Waals surface area contributed by atoms with Gasteiger partial charge in [0.05, 0.1) is 83.1 Å². The van der Waals surface area contributed by atoms with Crippen molar-refractivity contribution in [2.75, 3.05) is 9.80 Å². The lowest BCUT2D eigenvalue weighted by Crippen LogP contribution is -2.33. The molecule has 0 N–H and O–H groups in total. The fraction of sp³-hybridized carbons (Fsp3) is 0.0164. The molecule has 5 nitrogen and oxygen atoms in total. The third kappa shape index (κ3) is 9.62. The van der Waals surface area contributed by atoms with Crippen molar-refractivity contribution >= 4 is 131 Å². The highest BCUT2D eigenvalue weighted by Gasteiger charge is 2.54. The number of fused-ring (bicyclic) bond motifs is 30. The van der Waals surface area contributed by atoms with Gasteiger partial charge in [-0.2, -0.15) is 0 Å². The predicted octanol–water partition coefficient (Wildman–Crippen LogP) is 32.8. The van der Waals surface area contributed by atoms with Gasteiger partial charge in [0.15, 0.2) is 5.58 Å². The van der Waals surface area contributed by atoms with Gasteiger partial charge in [-0.25, -0.2) is 0 Å². The third-order valence-corrected chi connectivity index (χ3v) is 29.7. The summed E-state index contributed by atoms with van der Waals surface area (Å²) < 4.78 is 15.3. The van der Waals surface area contributed by atoms with Crippen LogP contribution >= 0.6 is 11.3 Å². The number of rotatable bonds is 11. The molecule has 6 heteroatoms. The second-order valence-corrected chi connectivity index (χ2v) is 35.7. The number of hydrogen-bond acceptors (Lipinski definition) is 4. The van der Waals surface area contributed by atoms with E-state index < -0.39 is 10.8 Å². The number of nitrogens with zero attached hydrogens (tertiary/aromatic N) is 4. The summed E-state index contributed by atoms with van der Waals surface area (Å²) >= 11 is 1.88. The Morgan fingerprint density at radius 1 is 0.227 bits per heavy atom. The zero-order chi connectivity index (χ0) is 83.6. The average molecular weight is 1640 g/mol. The number of para-hydroxylation sites is 8. The molecule has 0 saturated heterocycles. The van der Waals surface area contributed by atoms with E-state index in [0.717, 1.165) is 101 Å². The Kier molecular flexibility index (Phi) is 15.0. The predicted molar refractivity (Wildman–Crippen MR) is 534 cm³/mol. The first-order valence-corrected chi connectivity index (χ1v) is 45.1. The van der Waals surface area contributed by atoms with E-state index in [4.69, 9.17) is 4.42 Å². The third-order valence-electron chi connectivity index (χ3n) is 28.5. The number of hydrogen-bond donors (Lipinski definition) is 0. The topological polar surface area (TPSA) is 29.5 Å². The van der Waals surface area contributed by atoms with E-state index in [1.165, 1.54) is 153 Å². The van der Waals surface area contributed by atoms with Crippen molar-refractivity contribution in [3.8, 4) is 89.3 Å². The van der Waals surface area contributed by atoms with E-state index in [1.54, 1.807) is 0 Å². The van der Waals surface area contributed by atoms with Gasteiger partial charge in [-0.1, -0.05) is 358 Å². The van der Waals surface area contributed by atoms with Gasteiger partial charge in [0.1, 0.15) is 5.58 Å². The van der Waals surface area contributed by atoms with Crippen LogP contribution in [0.3, 0.4) is 0 Å². The van der Waals surface area contributed by atoms with E-state index >= 15 is 0 Å². The average Bonchev–Trinajstić information content (AvgIpc) is 1.49. The van der Waals surface area contributed by atoms with E-state index in [9.17, 15) is 0 Å². The fourth-order valence-corrected chi connectivity index (χ4v) is 24.7. The molecule has 2 unspecified atom stereocenters.